The van der Waals surface area contributed by atoms with Crippen molar-refractivity contribution in [2.24, 2.45) is 17.8 Å². The summed E-state index contributed by atoms with van der Waals surface area (Å²) in [6, 6.07) is 22.5. The molecule has 0 radical (unpaired) electrons. The Hall–Kier alpha value is -4.44. The molecule has 4 aliphatic rings. The van der Waals surface area contributed by atoms with Gasteiger partial charge in [0.2, 0.25) is 17.7 Å². The highest BCUT2D eigenvalue weighted by molar-refractivity contribution is 6.71. The number of piperidine rings is 2. The Balaban J connectivity index is 1.19. The van der Waals surface area contributed by atoms with Gasteiger partial charge in [-0.2, -0.15) is 0 Å². The summed E-state index contributed by atoms with van der Waals surface area (Å²) in [5.74, 6) is -1.45. The van der Waals surface area contributed by atoms with Crippen LogP contribution in [0.25, 0.3) is 0 Å². The molecule has 3 fully saturated rings. The molecule has 4 amide bonds. The Labute approximate surface area is 342 Å². The minimum atomic E-state index is -3.11. The normalized spacial score (nSPS) is 25.7. The molecule has 0 aliphatic carbocycles. The SMILES string of the molecule is C[C@H]1[C@H]([Si](C)(C)O)[C@@H](CC(=O)N(CCO)Cc2ccccc2)O[C@]12C(=O)N(Cc1ccc(NC(=O)C3CCCNC3)cc1)c1ccc(NC(=O)C3CCCNC3)cc12. The van der Waals surface area contributed by atoms with E-state index in [1.165, 1.54) is 0 Å². The Kier molecular flexibility index (Phi) is 12.8. The molecule has 0 bridgehead atoms. The van der Waals surface area contributed by atoms with Gasteiger partial charge in [0, 0.05) is 54.6 Å². The number of carbonyl (C=O) groups excluding carboxylic acids is 4. The van der Waals surface area contributed by atoms with Gasteiger partial charge in [-0.3, -0.25) is 19.2 Å². The maximum Gasteiger partial charge on any atom is 0.264 e. The average molecular weight is 811 g/mol. The molecule has 3 aromatic carbocycles. The van der Waals surface area contributed by atoms with Gasteiger partial charge in [-0.1, -0.05) is 49.4 Å². The number of ether oxygens (including phenoxy) is 1. The van der Waals surface area contributed by atoms with Gasteiger partial charge in [-0.25, -0.2) is 0 Å². The van der Waals surface area contributed by atoms with Gasteiger partial charge in [0.25, 0.3) is 5.91 Å². The van der Waals surface area contributed by atoms with Crippen LogP contribution in [0.15, 0.2) is 72.8 Å². The summed E-state index contributed by atoms with van der Waals surface area (Å²) < 4.78 is 7.01. The number of anilines is 3. The molecule has 310 valence electrons. The first-order valence-electron chi connectivity index (χ1n) is 20.8. The zero-order valence-corrected chi connectivity index (χ0v) is 34.8. The first-order chi connectivity index (χ1) is 27.9. The quantitative estimate of drug-likeness (QED) is 0.138. The molecule has 2 unspecified atom stereocenters. The molecular formula is C44H58N6O7Si. The van der Waals surface area contributed by atoms with Crippen LogP contribution in [-0.2, 0) is 42.6 Å². The van der Waals surface area contributed by atoms with Crippen LogP contribution in [-0.4, -0.2) is 92.2 Å². The number of aliphatic hydroxyl groups excluding tert-OH is 1. The Morgan fingerprint density at radius 3 is 2.10 bits per heavy atom. The van der Waals surface area contributed by atoms with E-state index in [0.717, 1.165) is 49.9 Å². The van der Waals surface area contributed by atoms with Crippen molar-refractivity contribution >= 4 is 49.0 Å². The topological polar surface area (TPSA) is 173 Å². The number of hydrogen-bond acceptors (Lipinski definition) is 9. The maximum atomic E-state index is 15.2. The standard InChI is InChI=1S/C44H58N6O7Si/c1-29-40(58(2,3)56)38(24-39(52)49(21-22-51)27-30-9-5-4-6-10-30)57-44(29)36-23-35(48-42(54)33-12-8-20-46-26-33)17-18-37(36)50(43(44)55)28-31-13-15-34(16-14-31)47-41(53)32-11-7-19-45-25-32/h4-6,9-10,13-18,23,29,32-33,38,40,45-46,51,56H,7-8,11-12,19-22,24-28H2,1-3H3,(H,47,53)(H,48,54)/t29-,32?,33?,38+,40-,44+/m0/s1. The second-order valence-electron chi connectivity index (χ2n) is 17.0. The van der Waals surface area contributed by atoms with Gasteiger partial charge in [-0.05, 0) is 93.3 Å². The molecule has 0 aromatic heterocycles. The van der Waals surface area contributed by atoms with Crippen molar-refractivity contribution < 1.29 is 33.8 Å². The number of hydrogen-bond donors (Lipinski definition) is 6. The number of aliphatic hydroxyl groups is 1. The van der Waals surface area contributed by atoms with Crippen LogP contribution in [0.4, 0.5) is 17.1 Å². The number of fused-ring (bicyclic) bond motifs is 2. The molecule has 6 atom stereocenters. The van der Waals surface area contributed by atoms with Crippen molar-refractivity contribution in [1.82, 2.24) is 15.5 Å². The number of benzene rings is 3. The zero-order chi connectivity index (χ0) is 41.0. The first kappa shape index (κ1) is 41.7. The van der Waals surface area contributed by atoms with E-state index in [0.29, 0.717) is 42.3 Å². The summed E-state index contributed by atoms with van der Waals surface area (Å²) in [4.78, 5) is 70.8. The van der Waals surface area contributed by atoms with Crippen LogP contribution >= 0.6 is 0 Å². The minimum Gasteiger partial charge on any atom is -0.432 e. The number of nitrogens with zero attached hydrogens (tertiary/aromatic N) is 2. The van der Waals surface area contributed by atoms with E-state index in [2.05, 4.69) is 21.3 Å². The van der Waals surface area contributed by atoms with Crippen molar-refractivity contribution in [3.63, 3.8) is 0 Å². The summed E-state index contributed by atoms with van der Waals surface area (Å²) in [5.41, 5.74) is 2.14. The summed E-state index contributed by atoms with van der Waals surface area (Å²) in [5, 5.41) is 22.6. The lowest BCUT2D eigenvalue weighted by Gasteiger charge is -2.33. The van der Waals surface area contributed by atoms with Crippen LogP contribution in [0.2, 0.25) is 18.6 Å². The van der Waals surface area contributed by atoms with Crippen molar-refractivity contribution in [1.29, 1.82) is 0 Å². The third-order valence-corrected chi connectivity index (χ3v) is 15.0. The smallest absolute Gasteiger partial charge is 0.264 e. The lowest BCUT2D eigenvalue weighted by atomic mass is 9.82. The maximum absolute atomic E-state index is 15.2. The molecule has 58 heavy (non-hydrogen) atoms. The van der Waals surface area contributed by atoms with E-state index in [1.807, 2.05) is 92.8 Å². The van der Waals surface area contributed by atoms with E-state index >= 15 is 4.79 Å². The van der Waals surface area contributed by atoms with E-state index < -0.39 is 31.5 Å². The molecule has 0 saturated carbocycles. The molecule has 4 heterocycles. The van der Waals surface area contributed by atoms with Crippen LogP contribution in [0.5, 0.6) is 0 Å². The molecular weight excluding hydrogens is 753 g/mol. The monoisotopic (exact) mass is 810 g/mol. The summed E-state index contributed by atoms with van der Waals surface area (Å²) in [6.07, 6.45) is 2.62. The molecule has 3 aromatic rings. The van der Waals surface area contributed by atoms with Crippen molar-refractivity contribution in [2.45, 2.75) is 82.5 Å². The lowest BCUT2D eigenvalue weighted by Crippen LogP contribution is -2.46. The summed E-state index contributed by atoms with van der Waals surface area (Å²) in [6.45, 7) is 9.05. The number of rotatable bonds is 13. The van der Waals surface area contributed by atoms with E-state index in [-0.39, 0.29) is 61.6 Å². The number of carbonyl (C=O) groups is 4. The van der Waals surface area contributed by atoms with Gasteiger partial charge in [0.1, 0.15) is 0 Å². The van der Waals surface area contributed by atoms with Crippen LogP contribution < -0.4 is 26.2 Å². The van der Waals surface area contributed by atoms with E-state index in [9.17, 15) is 24.3 Å². The highest BCUT2D eigenvalue weighted by Gasteiger charge is 2.66. The van der Waals surface area contributed by atoms with Crippen LogP contribution in [0.3, 0.4) is 0 Å². The predicted octanol–water partition coefficient (Wildman–Crippen LogP) is 4.32. The largest absolute Gasteiger partial charge is 0.432 e. The third-order valence-electron chi connectivity index (χ3n) is 12.5. The molecule has 3 saturated heterocycles. The zero-order valence-electron chi connectivity index (χ0n) is 33.8. The average Bonchev–Trinajstić information content (AvgIpc) is 3.64. The van der Waals surface area contributed by atoms with Crippen molar-refractivity contribution in [3.8, 4) is 0 Å². The fourth-order valence-corrected chi connectivity index (χ4v) is 12.1. The van der Waals surface area contributed by atoms with Gasteiger partial charge in [0.15, 0.2) is 13.9 Å². The fraction of sp³-hybridized carbons (Fsp3) is 0.500. The Bertz CT molecular complexity index is 1950. The summed E-state index contributed by atoms with van der Waals surface area (Å²) in [7, 11) is -3.11. The molecule has 14 heteroatoms. The Morgan fingerprint density at radius 2 is 1.52 bits per heavy atom. The van der Waals surface area contributed by atoms with E-state index in [4.69, 9.17) is 4.74 Å². The van der Waals surface area contributed by atoms with Crippen LogP contribution in [0.1, 0.15) is 55.7 Å². The predicted molar refractivity (Wildman–Crippen MR) is 225 cm³/mol. The van der Waals surface area contributed by atoms with Crippen LogP contribution in [0, 0.1) is 17.8 Å². The van der Waals surface area contributed by atoms with Gasteiger partial charge in [0.05, 0.1) is 43.2 Å². The molecule has 6 N–H and O–H groups in total. The second kappa shape index (κ2) is 17.8. The fourth-order valence-electron chi connectivity index (χ4n) is 9.55. The Morgan fingerprint density at radius 1 is 0.897 bits per heavy atom. The summed E-state index contributed by atoms with van der Waals surface area (Å²) >= 11 is 0. The van der Waals surface area contributed by atoms with Gasteiger partial charge < -0.3 is 45.7 Å². The highest BCUT2D eigenvalue weighted by atomic mass is 28.4. The minimum absolute atomic E-state index is 0.0157. The molecule has 4 aliphatic heterocycles. The number of amides is 4. The lowest BCUT2D eigenvalue weighted by molar-refractivity contribution is -0.150. The molecule has 1 spiro atoms. The molecule has 13 nitrogen and oxygen atoms in total. The van der Waals surface area contributed by atoms with E-state index in [1.54, 1.807) is 9.80 Å². The van der Waals surface area contributed by atoms with Crippen molar-refractivity contribution in [2.75, 3.05) is 54.9 Å². The van der Waals surface area contributed by atoms with Crippen molar-refractivity contribution in [3.05, 3.63) is 89.5 Å². The first-order valence-corrected chi connectivity index (χ1v) is 23.8. The highest BCUT2D eigenvalue weighted by Crippen LogP contribution is 2.60. The number of nitrogens with one attached hydrogen (secondary N) is 4. The third kappa shape index (κ3) is 8.77. The molecule has 7 rings (SSSR count). The second-order valence-corrected chi connectivity index (χ2v) is 20.9. The van der Waals surface area contributed by atoms with Gasteiger partial charge >= 0.3 is 0 Å². The van der Waals surface area contributed by atoms with Gasteiger partial charge in [-0.15, -0.1) is 0 Å².